The minimum Gasteiger partial charge on any atom is -0.481 e. The summed E-state index contributed by atoms with van der Waals surface area (Å²) in [6.45, 7) is 106. The van der Waals surface area contributed by atoms with Gasteiger partial charge >= 0.3 is 36.6 Å². The number of nitrogens with one attached hydrogen (secondary N) is 1. The number of rotatable bonds is 20. The van der Waals surface area contributed by atoms with Gasteiger partial charge in [-0.05, 0) is 175 Å². The van der Waals surface area contributed by atoms with Gasteiger partial charge in [-0.3, -0.25) is 14.4 Å². The van der Waals surface area contributed by atoms with Gasteiger partial charge in [0.2, 0.25) is 12.3 Å². The molecule has 1 aromatic heterocycles. The molecule has 2 aliphatic rings. The van der Waals surface area contributed by atoms with Crippen LogP contribution in [0.25, 0.3) is 0 Å². The number of nitriles is 1. The van der Waals surface area contributed by atoms with Crippen LogP contribution in [0.1, 0.15) is 468 Å². The highest BCUT2D eigenvalue weighted by molar-refractivity contribution is 9.09. The van der Waals surface area contributed by atoms with Gasteiger partial charge < -0.3 is 15.2 Å². The van der Waals surface area contributed by atoms with E-state index in [1.807, 2.05) is 94.2 Å². The van der Waals surface area contributed by atoms with Crippen LogP contribution in [-0.4, -0.2) is 72.6 Å². The maximum Gasteiger partial charge on any atom is 0.457 e. The van der Waals surface area contributed by atoms with Crippen LogP contribution >= 0.6 is 38.9 Å². The number of hydrogen-bond acceptors (Lipinski definition) is 6. The van der Waals surface area contributed by atoms with Gasteiger partial charge in [0.05, 0.1) is 28.8 Å². The van der Waals surface area contributed by atoms with E-state index in [2.05, 4.69) is 287 Å². The number of amides is 1. The van der Waals surface area contributed by atoms with Crippen molar-refractivity contribution in [2.45, 2.75) is 499 Å². The monoisotopic (exact) mass is 2200 g/mol. The molecule has 1 saturated carbocycles. The number of hydrogen-bond donors (Lipinski definition) is 2. The van der Waals surface area contributed by atoms with E-state index in [0.29, 0.717) is 64.7 Å². The highest BCUT2D eigenvalue weighted by Crippen LogP contribution is 2.32. The summed E-state index contributed by atoms with van der Waals surface area (Å²) < 4.78 is 165. The molecule has 1 fully saturated rings. The van der Waals surface area contributed by atoms with Crippen molar-refractivity contribution in [3.8, 4) is 65.8 Å². The van der Waals surface area contributed by atoms with E-state index in [0.717, 1.165) is 72.5 Å². The second kappa shape index (κ2) is 113. The second-order valence-electron chi connectivity index (χ2n) is 44.0. The highest BCUT2D eigenvalue weighted by Gasteiger charge is 2.32. The molecule has 0 radical (unpaired) electrons. The fourth-order valence-electron chi connectivity index (χ4n) is 7.57. The Morgan fingerprint density at radius 2 is 0.897 bits per heavy atom. The first-order chi connectivity index (χ1) is 65.2. The van der Waals surface area contributed by atoms with Gasteiger partial charge in [-0.25, -0.2) is 8.78 Å². The molecule has 3 rings (SSSR count). The number of allylic oxidation sites excluding steroid dienone is 4. The molecule has 0 bridgehead atoms. The smallest absolute Gasteiger partial charge is 0.457 e. The van der Waals surface area contributed by atoms with Gasteiger partial charge in [-0.15, -0.1) is 53.3 Å². The predicted molar refractivity (Wildman–Crippen MR) is 614 cm³/mol. The van der Waals surface area contributed by atoms with Crippen molar-refractivity contribution in [3.63, 3.8) is 0 Å². The summed E-state index contributed by atoms with van der Waals surface area (Å²) in [7, 11) is 1.64. The van der Waals surface area contributed by atoms with Crippen LogP contribution in [0, 0.1) is 207 Å². The number of carbonyl (C=O) groups excluding carboxylic acids is 2. The fraction of sp³-hybridized carbons (Fsp3) is 0.818. The van der Waals surface area contributed by atoms with Gasteiger partial charge in [0, 0.05) is 100 Å². The molecule has 0 unspecified atom stereocenters. The van der Waals surface area contributed by atoms with E-state index in [1.165, 1.54) is 81.1 Å². The van der Waals surface area contributed by atoms with E-state index < -0.39 is 55.0 Å². The van der Waals surface area contributed by atoms with Crippen LogP contribution in [0.15, 0.2) is 35.4 Å². The van der Waals surface area contributed by atoms with Gasteiger partial charge in [0.1, 0.15) is 0 Å². The van der Waals surface area contributed by atoms with Crippen LogP contribution in [0.2, 0.25) is 4.34 Å². The number of nitrogens with zero attached hydrogens (tertiary/aromatic N) is 1. The third-order valence-corrected chi connectivity index (χ3v) is 18.3. The number of halogens is 16. The summed E-state index contributed by atoms with van der Waals surface area (Å²) in [5, 5.41) is 18.4. The Hall–Kier alpha value is -5.33. The highest BCUT2D eigenvalue weighted by atomic mass is 79.9. The molecule has 2 N–H and O–H groups in total. The lowest BCUT2D eigenvalue weighted by Crippen LogP contribution is -2.22. The number of esters is 1. The van der Waals surface area contributed by atoms with Crippen molar-refractivity contribution >= 4 is 56.7 Å². The van der Waals surface area contributed by atoms with Crippen LogP contribution in [0.4, 0.5) is 61.5 Å². The van der Waals surface area contributed by atoms with Crippen LogP contribution in [0.5, 0.6) is 0 Å². The zero-order valence-electron chi connectivity index (χ0n) is 102. The third-order valence-electron chi connectivity index (χ3n) is 16.7. The Morgan fingerprint density at radius 3 is 1.01 bits per heavy atom. The van der Waals surface area contributed by atoms with Crippen molar-refractivity contribution in [3.05, 3.63) is 44.6 Å². The lowest BCUT2D eigenvalue weighted by atomic mass is 9.79. The Kier molecular flexibility index (Phi) is 139. The number of ether oxygens (including phenoxy) is 1. The lowest BCUT2D eigenvalue weighted by Gasteiger charge is -2.27. The lowest BCUT2D eigenvalue weighted by molar-refractivity contribution is -0.164. The van der Waals surface area contributed by atoms with Crippen molar-refractivity contribution in [2.75, 3.05) is 13.7 Å². The Labute approximate surface area is 905 Å². The molecular formula is C121H224BrClF14N2O5S. The van der Waals surface area contributed by atoms with Crippen LogP contribution < -0.4 is 5.32 Å². The first-order valence-electron chi connectivity index (χ1n) is 52.9. The SMILES string of the molecule is C#CC(C)C.C/C(=C\C(C)C)C(F)(F)F.CC#CC(C)C.CC(C)Br.CC(C)C.CC(C)C#CC(C)C.CC(C)C#CC(F)(F)F.CC(C)C#CC1CC1.CC(C)C#N.CC(C)C(=O)O.CC(C)C(F)(F)F.CC(C)CC(C)C.CC(C)CC1=CCCC1.CC(C)CCC(C)C.CC(C)CCC(F)(F)F.CC(C)CCC(F)F.CC(C)c1ccc(Cl)s1.CCC(C)(C)C(C)C.CCOC(=O)C(C)C.CNC(=O)C(C)C. The minimum absolute atomic E-state index is 0.00921. The van der Waals surface area contributed by atoms with Crippen molar-refractivity contribution in [1.82, 2.24) is 5.32 Å². The summed E-state index contributed by atoms with van der Waals surface area (Å²) in [5.41, 5.74) is 1.73. The third kappa shape index (κ3) is 228. The maximum absolute atomic E-state index is 11.7. The average Bonchev–Trinajstić information content (AvgIpc) is 1.89. The number of carbonyl (C=O) groups is 3. The molecule has 1 aromatic rings. The normalized spacial score (nSPS) is 11.6. The summed E-state index contributed by atoms with van der Waals surface area (Å²) in [5.74, 6) is 32.4. The molecule has 0 aliphatic heterocycles. The second-order valence-corrected chi connectivity index (χ2v) is 47.6. The van der Waals surface area contributed by atoms with Crippen LogP contribution in [0.3, 0.4) is 0 Å². The Morgan fingerprint density at radius 1 is 0.545 bits per heavy atom. The number of aliphatic carboxylic acids is 1. The molecule has 1 amide bonds. The number of alkyl halides is 15. The quantitative estimate of drug-likeness (QED) is 0.0442. The fourth-order valence-corrected chi connectivity index (χ4v) is 8.63. The van der Waals surface area contributed by atoms with E-state index >= 15 is 0 Å². The number of carboxylic acids is 1. The molecule has 0 aromatic carbocycles. The molecular weight excluding hydrogens is 1970 g/mol. The summed E-state index contributed by atoms with van der Waals surface area (Å²) >= 11 is 10.7. The Bertz CT molecular complexity index is 3300. The standard InChI is InChI=1S/C9H16.C8H12.C8H18.C8H14.C8H18.C7H9ClS.C7H11F3.C7H16.C6H11F3.C6H7F3.C6H12F2.C6H12O2.C6H10.C5H11NO.C5H8.C4H7F3.C4H7N.C4H8O2.C4H10.C3H7Br/c1-8(2)7-9-5-3-4-6-9;1-7(2)3-4-8-5-6-8;2*1-7(2)5-6-8(3)4;1-6-8(4,5)7(2)3;1-5(2)6-3-4-7(8)9-6;1-5(2)4-6(3)7(8,9)10;1-6(2)5-7(3)4;2*1-5(2)3-4-6(7,8)9;1-5(2)3-4-6(7)8;1-4-8-6(7)5(2)3;1-4-5-6(2)3;1-4(2)5(7)6-3;1-4-5(2)3;1-3(2)4(5,6)7;1-4(2)3-5;1-3(2)4(5)6;1-4(2)3;1-3(2)4/h5,8H,3-4,6-7H2,1-2H3;7-8H,5-6H2,1-2H3;7-8H,5-6H2,1-4H3;7-8H,1-4H3;7H,6H2,1-5H3;3-5H,1-2H3;4-5H,1-3H3;6-7H,5H2,1-4H3;5H,3-4H2,1-2H3;5H,1-2H3;5-6H,3-4H2,1-2H3;5H,4H2,1-3H3;6H,1-3H3;4H,1-3H3,(H,6,7);1,5H,2-3H3;3H,1-2H3;4H,1-2H3;3H,1-2H3,(H,5,6);4H,1-3H3;3H,1-2H3/b;;;;;;6-4+;;;;;;;;;;;;;. The maximum atomic E-state index is 11.7. The van der Waals surface area contributed by atoms with Gasteiger partial charge in [0.25, 0.3) is 0 Å². The van der Waals surface area contributed by atoms with E-state index in [1.54, 1.807) is 86.3 Å². The van der Waals surface area contributed by atoms with Crippen molar-refractivity contribution in [1.29, 1.82) is 5.26 Å². The summed E-state index contributed by atoms with van der Waals surface area (Å²) in [6.07, 6.45) is 3.83. The van der Waals surface area contributed by atoms with E-state index in [-0.39, 0.29) is 66.1 Å². The predicted octanol–water partition coefficient (Wildman–Crippen LogP) is 43.0. The number of carboxylic acid groups (broad SMARTS) is 1. The zero-order chi connectivity index (χ0) is 120. The molecule has 24 heteroatoms. The molecule has 2 aliphatic carbocycles. The van der Waals surface area contributed by atoms with E-state index in [9.17, 15) is 75.8 Å². The van der Waals surface area contributed by atoms with E-state index in [4.69, 9.17) is 28.4 Å². The molecule has 1 heterocycles. The summed E-state index contributed by atoms with van der Waals surface area (Å²) in [4.78, 5) is 32.6. The van der Waals surface area contributed by atoms with Gasteiger partial charge in [-0.2, -0.15) is 57.9 Å². The molecule has 0 saturated heterocycles. The Balaban J connectivity index is -0.0000000796. The zero-order valence-corrected chi connectivity index (χ0v) is 106. The van der Waals surface area contributed by atoms with Gasteiger partial charge in [-0.1, -0.05) is 409 Å². The molecule has 7 nitrogen and oxygen atoms in total. The van der Waals surface area contributed by atoms with Crippen molar-refractivity contribution in [2.24, 2.45) is 136 Å². The largest absolute Gasteiger partial charge is 0.481 e. The molecule has 0 spiro atoms. The van der Waals surface area contributed by atoms with Crippen molar-refractivity contribution < 1.29 is 85.7 Å². The number of terminal acetylenes is 1. The molecule has 145 heavy (non-hydrogen) atoms. The van der Waals surface area contributed by atoms with Crippen LogP contribution in [-0.2, 0) is 19.1 Å². The molecule has 866 valence electrons. The minimum atomic E-state index is -4.33. The molecule has 0 atom stereocenters. The first-order valence-corrected chi connectivity index (χ1v) is 55.0. The first kappa shape index (κ1) is 178. The topological polar surface area (TPSA) is 116 Å². The average molecular weight is 2200 g/mol. The van der Waals surface area contributed by atoms with Gasteiger partial charge in [0.15, 0.2) is 0 Å². The summed E-state index contributed by atoms with van der Waals surface area (Å²) in [6, 6.07) is 6.05. The number of thiophene rings is 1.